The molecule has 0 aliphatic carbocycles. The van der Waals surface area contributed by atoms with E-state index in [1.165, 1.54) is 0 Å². The number of aromatic hydroxyl groups is 1. The Labute approximate surface area is 234 Å². The molecule has 0 saturated carbocycles. The first-order chi connectivity index (χ1) is 19.5. The zero-order valence-electron chi connectivity index (χ0n) is 22.6. The van der Waals surface area contributed by atoms with E-state index in [-0.39, 0.29) is 17.7 Å². The molecule has 3 aromatic rings. The molecule has 0 spiro atoms. The molecule has 3 saturated heterocycles. The number of nitrogens with one attached hydrogen (secondary N) is 1. The predicted molar refractivity (Wildman–Crippen MR) is 155 cm³/mol. The van der Waals surface area contributed by atoms with E-state index in [0.717, 1.165) is 62.4 Å². The number of phenolic OH excluding ortho intramolecular Hbond substituents is 1. The lowest BCUT2D eigenvalue weighted by Gasteiger charge is -2.43. The Morgan fingerprint density at radius 1 is 1.12 bits per heavy atom. The third kappa shape index (κ3) is 5.00. The summed E-state index contributed by atoms with van der Waals surface area (Å²) in [4.78, 5) is 23.6. The monoisotopic (exact) mass is 538 g/mol. The molecule has 3 fully saturated rings. The highest BCUT2D eigenvalue weighted by Crippen LogP contribution is 2.39. The fourth-order valence-corrected chi connectivity index (χ4v) is 6.35. The predicted octanol–water partition coefficient (Wildman–Crippen LogP) is 2.25. The van der Waals surface area contributed by atoms with Crippen molar-refractivity contribution < 1.29 is 9.90 Å². The van der Waals surface area contributed by atoms with Crippen molar-refractivity contribution in [1.82, 2.24) is 25.4 Å². The van der Waals surface area contributed by atoms with E-state index < -0.39 is 0 Å². The Morgan fingerprint density at radius 3 is 2.70 bits per heavy atom. The highest BCUT2D eigenvalue weighted by Gasteiger charge is 2.41. The van der Waals surface area contributed by atoms with Gasteiger partial charge in [0.05, 0.1) is 24.0 Å². The number of rotatable bonds is 5. The van der Waals surface area contributed by atoms with Crippen LogP contribution >= 0.6 is 0 Å². The second-order valence-corrected chi connectivity index (χ2v) is 10.7. The molecule has 2 unspecified atom stereocenters. The van der Waals surface area contributed by atoms with Crippen molar-refractivity contribution in [3.8, 4) is 28.8 Å². The second kappa shape index (κ2) is 11.0. The maximum atomic E-state index is 12.1. The quantitative estimate of drug-likeness (QED) is 0.420. The molecule has 0 radical (unpaired) electrons. The summed E-state index contributed by atoms with van der Waals surface area (Å²) in [5.41, 5.74) is 10.3. The Balaban J connectivity index is 1.17. The van der Waals surface area contributed by atoms with Crippen molar-refractivity contribution >= 4 is 23.1 Å². The number of benzene rings is 1. The number of anilines is 3. The van der Waals surface area contributed by atoms with E-state index in [4.69, 9.17) is 5.73 Å². The number of aromatic nitrogens is 3. The van der Waals surface area contributed by atoms with Gasteiger partial charge in [-0.3, -0.25) is 9.69 Å². The van der Waals surface area contributed by atoms with Gasteiger partial charge in [-0.15, -0.1) is 10.2 Å². The molecule has 2 aromatic heterocycles. The van der Waals surface area contributed by atoms with Crippen LogP contribution in [0.3, 0.4) is 0 Å². The number of nitrogens with zero attached hydrogens (tertiary/aromatic N) is 6. The van der Waals surface area contributed by atoms with Crippen molar-refractivity contribution in [3.05, 3.63) is 54.4 Å². The molecule has 1 aromatic carbocycles. The number of hydrogen-bond acceptors (Lipinski definition) is 9. The number of nitrogens with two attached hydrogens (primary N) is 1. The first-order valence-corrected chi connectivity index (χ1v) is 13.9. The number of likely N-dealkylation sites (N-methyl/N-ethyl adjacent to an activating group) is 1. The summed E-state index contributed by atoms with van der Waals surface area (Å²) in [7, 11) is 1.68. The Kier molecular flexibility index (Phi) is 7.13. The van der Waals surface area contributed by atoms with Gasteiger partial charge in [-0.05, 0) is 68.5 Å². The number of pyridine rings is 1. The van der Waals surface area contributed by atoms with Crippen molar-refractivity contribution in [2.45, 2.75) is 43.8 Å². The van der Waals surface area contributed by atoms with Crippen LogP contribution in [0, 0.1) is 11.8 Å². The van der Waals surface area contributed by atoms with Crippen molar-refractivity contribution in [2.75, 3.05) is 48.8 Å². The molecule has 6 rings (SSSR count). The molecule has 2 bridgehead atoms. The maximum Gasteiger partial charge on any atom is 0.237 e. The summed E-state index contributed by atoms with van der Waals surface area (Å²) in [6.07, 6.45) is 5.90. The number of hydrogen-bond donors (Lipinski definition) is 3. The van der Waals surface area contributed by atoms with Gasteiger partial charge >= 0.3 is 0 Å². The number of fused-ring (bicyclic) bond motifs is 2. The van der Waals surface area contributed by atoms with Gasteiger partial charge in [-0.2, -0.15) is 0 Å². The number of likely N-dealkylation sites (tertiary alicyclic amines) is 1. The van der Waals surface area contributed by atoms with Crippen LogP contribution in [0.1, 0.15) is 31.4 Å². The minimum absolute atomic E-state index is 0.0628. The van der Waals surface area contributed by atoms with Gasteiger partial charge in [-0.1, -0.05) is 18.1 Å². The van der Waals surface area contributed by atoms with E-state index in [0.29, 0.717) is 35.7 Å². The van der Waals surface area contributed by atoms with Crippen molar-refractivity contribution in [3.63, 3.8) is 0 Å². The van der Waals surface area contributed by atoms with Crippen molar-refractivity contribution in [1.29, 1.82) is 0 Å². The third-order valence-corrected chi connectivity index (χ3v) is 8.26. The van der Waals surface area contributed by atoms with E-state index >= 15 is 0 Å². The fraction of sp³-hybridized carbons (Fsp3) is 0.400. The molecule has 3 aliphatic heterocycles. The van der Waals surface area contributed by atoms with E-state index in [2.05, 4.69) is 59.2 Å². The second-order valence-electron chi connectivity index (χ2n) is 10.7. The first kappa shape index (κ1) is 25.9. The summed E-state index contributed by atoms with van der Waals surface area (Å²) in [6.45, 7) is 3.06. The van der Waals surface area contributed by atoms with Gasteiger partial charge in [0.2, 0.25) is 5.91 Å². The van der Waals surface area contributed by atoms with E-state index in [1.807, 2.05) is 24.4 Å². The molecule has 10 nitrogen and oxygen atoms in total. The van der Waals surface area contributed by atoms with Crippen LogP contribution in [0.4, 0.5) is 17.2 Å². The average molecular weight is 539 g/mol. The maximum absolute atomic E-state index is 12.1. The molecule has 3 atom stereocenters. The van der Waals surface area contributed by atoms with Crippen LogP contribution < -0.4 is 20.9 Å². The van der Waals surface area contributed by atoms with Crippen LogP contribution in [0.15, 0.2) is 48.7 Å². The van der Waals surface area contributed by atoms with Crippen LogP contribution in [0.25, 0.3) is 11.3 Å². The molecule has 10 heteroatoms. The lowest BCUT2D eigenvalue weighted by molar-refractivity contribution is -0.124. The highest BCUT2D eigenvalue weighted by molar-refractivity contribution is 5.81. The summed E-state index contributed by atoms with van der Waals surface area (Å²) >= 11 is 0. The highest BCUT2D eigenvalue weighted by atomic mass is 16.3. The SMILES string of the molecule is CNC(=O)[C@@H]1CCCN1CC#Cc1cc(N2C3CCC2CN(c2cc(-c4ccccc4O)nnc2N)C3)ccn1. The molecule has 4 N–H and O–H groups in total. The zero-order chi connectivity index (χ0) is 27.6. The smallest absolute Gasteiger partial charge is 0.237 e. The summed E-state index contributed by atoms with van der Waals surface area (Å²) in [6, 6.07) is 13.7. The molecule has 1 amide bonds. The molecule has 5 heterocycles. The topological polar surface area (TPSA) is 124 Å². The third-order valence-electron chi connectivity index (χ3n) is 8.26. The Morgan fingerprint density at radius 2 is 1.93 bits per heavy atom. The van der Waals surface area contributed by atoms with Crippen LogP contribution in [-0.2, 0) is 4.79 Å². The van der Waals surface area contributed by atoms with Crippen LogP contribution in [0.2, 0.25) is 0 Å². The molecule has 40 heavy (non-hydrogen) atoms. The molecule has 3 aliphatic rings. The Bertz CT molecular complexity index is 1450. The van der Waals surface area contributed by atoms with Crippen LogP contribution in [-0.4, -0.2) is 82.4 Å². The Hall–Kier alpha value is -4.36. The summed E-state index contributed by atoms with van der Waals surface area (Å²) in [5, 5.41) is 21.5. The van der Waals surface area contributed by atoms with Gasteiger partial charge in [0.15, 0.2) is 5.82 Å². The minimum Gasteiger partial charge on any atom is -0.507 e. The lowest BCUT2D eigenvalue weighted by atomic mass is 10.1. The molecule has 206 valence electrons. The number of para-hydroxylation sites is 1. The number of carbonyl (C=O) groups excluding carboxylic acids is 1. The zero-order valence-corrected chi connectivity index (χ0v) is 22.6. The lowest BCUT2D eigenvalue weighted by Crippen LogP contribution is -2.54. The fourth-order valence-electron chi connectivity index (χ4n) is 6.35. The van der Waals surface area contributed by atoms with Gasteiger partial charge in [0, 0.05) is 49.7 Å². The number of phenols is 1. The number of carbonyl (C=O) groups is 1. The minimum atomic E-state index is -0.0930. The van der Waals surface area contributed by atoms with Gasteiger partial charge < -0.3 is 26.0 Å². The summed E-state index contributed by atoms with van der Waals surface area (Å²) < 4.78 is 0. The normalized spacial score (nSPS) is 22.2. The first-order valence-electron chi connectivity index (χ1n) is 13.9. The molecular weight excluding hydrogens is 504 g/mol. The number of amides is 1. The summed E-state index contributed by atoms with van der Waals surface area (Å²) in [5.74, 6) is 7.09. The largest absolute Gasteiger partial charge is 0.507 e. The van der Waals surface area contributed by atoms with E-state index in [1.54, 1.807) is 19.2 Å². The van der Waals surface area contributed by atoms with E-state index in [9.17, 15) is 9.90 Å². The number of nitrogen functional groups attached to an aromatic ring is 1. The van der Waals surface area contributed by atoms with Gasteiger partial charge in [-0.25, -0.2) is 4.98 Å². The van der Waals surface area contributed by atoms with Crippen LogP contribution in [0.5, 0.6) is 5.75 Å². The number of piperazine rings is 1. The standard InChI is InChI=1S/C30H34N8O2/c1-32-30(40)26-8-5-15-36(26)14-4-6-20-16-21(12-13-33-20)38-22-10-11-23(38)19-37(18-22)27-17-25(34-35-29(27)31)24-7-2-3-9-28(24)39/h2-3,7,9,12-13,16-17,22-23,26,39H,5,8,10-11,14-15,18-19H2,1H3,(H2,31,35)(H,32,40)/t22?,23?,26-/m0/s1. The van der Waals surface area contributed by atoms with Crippen molar-refractivity contribution in [2.24, 2.45) is 0 Å². The van der Waals surface area contributed by atoms with Gasteiger partial charge in [0.1, 0.15) is 11.4 Å². The molecular formula is C30H34N8O2. The average Bonchev–Trinajstić information content (AvgIpc) is 3.55. The van der Waals surface area contributed by atoms with Gasteiger partial charge in [0.25, 0.3) is 0 Å².